The van der Waals surface area contributed by atoms with E-state index in [0.717, 1.165) is 5.56 Å². The van der Waals surface area contributed by atoms with Crippen molar-refractivity contribution in [3.63, 3.8) is 0 Å². The second-order valence-corrected chi connectivity index (χ2v) is 5.19. The van der Waals surface area contributed by atoms with Gasteiger partial charge >= 0.3 is 6.18 Å². The summed E-state index contributed by atoms with van der Waals surface area (Å²) >= 11 is 0. The molecule has 0 aliphatic carbocycles. The molecule has 2 N–H and O–H groups in total. The summed E-state index contributed by atoms with van der Waals surface area (Å²) in [7, 11) is 3.05. The van der Waals surface area contributed by atoms with Crippen molar-refractivity contribution < 1.29 is 17.6 Å². The summed E-state index contributed by atoms with van der Waals surface area (Å²) in [6.07, 6.45) is -3.61. The van der Waals surface area contributed by atoms with Crippen molar-refractivity contribution in [1.29, 1.82) is 0 Å². The molecule has 8 heteroatoms. The number of halogens is 4. The van der Waals surface area contributed by atoms with Crippen LogP contribution in [-0.4, -0.2) is 50.8 Å². The van der Waals surface area contributed by atoms with Gasteiger partial charge in [-0.2, -0.15) is 13.2 Å². The van der Waals surface area contributed by atoms with Gasteiger partial charge in [-0.05, 0) is 37.7 Å². The highest BCUT2D eigenvalue weighted by Gasteiger charge is 2.28. The zero-order valence-corrected chi connectivity index (χ0v) is 13.3. The average molecular weight is 334 g/mol. The Balaban J connectivity index is 2.23. The van der Waals surface area contributed by atoms with Gasteiger partial charge in [-0.15, -0.1) is 0 Å². The van der Waals surface area contributed by atoms with Gasteiger partial charge in [0.05, 0.1) is 6.54 Å². The molecule has 0 saturated heterocycles. The summed E-state index contributed by atoms with van der Waals surface area (Å²) in [5, 5.41) is 6.08. The number of alkyl halides is 3. The number of rotatable bonds is 7. The van der Waals surface area contributed by atoms with E-state index in [2.05, 4.69) is 15.6 Å². The minimum Gasteiger partial charge on any atom is -0.356 e. The number of aliphatic imine (C=N–C) groups is 1. The molecule has 4 nitrogen and oxygen atoms in total. The van der Waals surface area contributed by atoms with Crippen molar-refractivity contribution in [2.75, 3.05) is 33.7 Å². The highest BCUT2D eigenvalue weighted by molar-refractivity contribution is 5.79. The third-order valence-corrected chi connectivity index (χ3v) is 3.06. The zero-order valence-electron chi connectivity index (χ0n) is 13.3. The molecule has 0 spiro atoms. The summed E-state index contributed by atoms with van der Waals surface area (Å²) in [6.45, 7) is 0.408. The monoisotopic (exact) mass is 334 g/mol. The van der Waals surface area contributed by atoms with Crippen LogP contribution in [0.5, 0.6) is 0 Å². The van der Waals surface area contributed by atoms with E-state index in [1.165, 1.54) is 24.1 Å². The van der Waals surface area contributed by atoms with E-state index in [1.807, 2.05) is 0 Å². The number of nitrogens with one attached hydrogen (secondary N) is 2. The van der Waals surface area contributed by atoms with E-state index >= 15 is 0 Å². The van der Waals surface area contributed by atoms with Crippen LogP contribution >= 0.6 is 0 Å². The van der Waals surface area contributed by atoms with Crippen LogP contribution in [0.3, 0.4) is 0 Å². The molecule has 1 rings (SSSR count). The van der Waals surface area contributed by atoms with Crippen molar-refractivity contribution >= 4 is 5.96 Å². The molecule has 0 radical (unpaired) electrons. The quantitative estimate of drug-likeness (QED) is 0.348. The summed E-state index contributed by atoms with van der Waals surface area (Å²) in [6, 6.07) is 6.09. The van der Waals surface area contributed by atoms with Crippen LogP contribution in [0.2, 0.25) is 0 Å². The van der Waals surface area contributed by atoms with Crippen LogP contribution in [0.4, 0.5) is 17.6 Å². The first-order chi connectivity index (χ1) is 10.8. The van der Waals surface area contributed by atoms with Crippen LogP contribution in [0.15, 0.2) is 29.3 Å². The Morgan fingerprint density at radius 2 is 1.83 bits per heavy atom. The van der Waals surface area contributed by atoms with Gasteiger partial charge in [-0.3, -0.25) is 9.89 Å². The van der Waals surface area contributed by atoms with Gasteiger partial charge < -0.3 is 10.6 Å². The Labute approximate surface area is 133 Å². The maximum Gasteiger partial charge on any atom is 0.401 e. The Morgan fingerprint density at radius 1 is 1.17 bits per heavy atom. The first-order valence-corrected chi connectivity index (χ1v) is 7.24. The third kappa shape index (κ3) is 9.02. The second-order valence-electron chi connectivity index (χ2n) is 5.19. The Kier molecular flexibility index (Phi) is 7.80. The summed E-state index contributed by atoms with van der Waals surface area (Å²) < 4.78 is 49.3. The standard InChI is InChI=1S/C15H22F4N4/c1-20-14(22-10-12-4-6-13(16)7-5-12)21-8-3-9-23(2)11-15(17,18)19/h4-7H,3,8-11H2,1-2H3,(H2,20,21,22). The van der Waals surface area contributed by atoms with E-state index in [-0.39, 0.29) is 5.82 Å². The molecule has 0 aromatic heterocycles. The fourth-order valence-corrected chi connectivity index (χ4v) is 1.95. The predicted molar refractivity (Wildman–Crippen MR) is 82.8 cm³/mol. The Bertz CT molecular complexity index is 485. The number of benzene rings is 1. The lowest BCUT2D eigenvalue weighted by molar-refractivity contribution is -0.143. The van der Waals surface area contributed by atoms with Crippen LogP contribution in [0.1, 0.15) is 12.0 Å². The van der Waals surface area contributed by atoms with Gasteiger partial charge in [0, 0.05) is 20.1 Å². The first kappa shape index (κ1) is 19.2. The third-order valence-electron chi connectivity index (χ3n) is 3.06. The molecule has 1 aromatic rings. The minimum absolute atomic E-state index is 0.292. The molecule has 0 saturated carbocycles. The lowest BCUT2D eigenvalue weighted by Gasteiger charge is -2.19. The van der Waals surface area contributed by atoms with Crippen LogP contribution in [0.25, 0.3) is 0 Å². The molecule has 0 aliphatic rings. The van der Waals surface area contributed by atoms with Gasteiger partial charge in [0.2, 0.25) is 0 Å². The summed E-state index contributed by atoms with van der Waals surface area (Å²) in [5.41, 5.74) is 0.902. The molecule has 0 amide bonds. The topological polar surface area (TPSA) is 39.7 Å². The molecular weight excluding hydrogens is 312 g/mol. The highest BCUT2D eigenvalue weighted by Crippen LogP contribution is 2.15. The highest BCUT2D eigenvalue weighted by atomic mass is 19.4. The number of hydrogen-bond donors (Lipinski definition) is 2. The van der Waals surface area contributed by atoms with Crippen molar-refractivity contribution in [1.82, 2.24) is 15.5 Å². The normalized spacial score (nSPS) is 12.6. The van der Waals surface area contributed by atoms with Gasteiger partial charge in [-0.25, -0.2) is 4.39 Å². The van der Waals surface area contributed by atoms with Gasteiger partial charge in [0.15, 0.2) is 5.96 Å². The van der Waals surface area contributed by atoms with Crippen molar-refractivity contribution in [3.8, 4) is 0 Å². The predicted octanol–water partition coefficient (Wildman–Crippen LogP) is 2.37. The molecular formula is C15H22F4N4. The van der Waals surface area contributed by atoms with Crippen LogP contribution in [-0.2, 0) is 6.54 Å². The molecule has 0 aliphatic heterocycles. The zero-order chi connectivity index (χ0) is 17.3. The van der Waals surface area contributed by atoms with Gasteiger partial charge in [0.1, 0.15) is 5.82 Å². The maximum absolute atomic E-state index is 12.8. The SMILES string of the molecule is CN=C(NCCCN(C)CC(F)(F)F)NCc1ccc(F)cc1. The van der Waals surface area contributed by atoms with E-state index in [4.69, 9.17) is 0 Å². The molecule has 0 fully saturated rings. The van der Waals surface area contributed by atoms with Crippen LogP contribution < -0.4 is 10.6 Å². The lowest BCUT2D eigenvalue weighted by atomic mass is 10.2. The average Bonchev–Trinajstić information content (AvgIpc) is 2.46. The van der Waals surface area contributed by atoms with Gasteiger partial charge in [0.25, 0.3) is 0 Å². The molecule has 23 heavy (non-hydrogen) atoms. The fourth-order valence-electron chi connectivity index (χ4n) is 1.95. The molecule has 1 aromatic carbocycles. The van der Waals surface area contributed by atoms with E-state index < -0.39 is 12.7 Å². The lowest BCUT2D eigenvalue weighted by Crippen LogP contribution is -2.39. The maximum atomic E-state index is 12.8. The van der Waals surface area contributed by atoms with Crippen molar-refractivity contribution in [2.45, 2.75) is 19.1 Å². The van der Waals surface area contributed by atoms with E-state index in [0.29, 0.717) is 32.0 Å². The fraction of sp³-hybridized carbons (Fsp3) is 0.533. The summed E-state index contributed by atoms with van der Waals surface area (Å²) in [5.74, 6) is 0.257. The van der Waals surface area contributed by atoms with Crippen LogP contribution in [0, 0.1) is 5.82 Å². The number of hydrogen-bond acceptors (Lipinski definition) is 2. The first-order valence-electron chi connectivity index (χ1n) is 7.24. The second kappa shape index (κ2) is 9.34. The number of guanidine groups is 1. The largest absolute Gasteiger partial charge is 0.401 e. The van der Waals surface area contributed by atoms with Crippen molar-refractivity contribution in [2.24, 2.45) is 4.99 Å². The molecule has 0 atom stereocenters. The molecule has 0 heterocycles. The molecule has 130 valence electrons. The summed E-state index contributed by atoms with van der Waals surface area (Å²) in [4.78, 5) is 5.26. The van der Waals surface area contributed by atoms with E-state index in [1.54, 1.807) is 19.2 Å². The van der Waals surface area contributed by atoms with Gasteiger partial charge in [-0.1, -0.05) is 12.1 Å². The van der Waals surface area contributed by atoms with E-state index in [9.17, 15) is 17.6 Å². The van der Waals surface area contributed by atoms with Crippen molar-refractivity contribution in [3.05, 3.63) is 35.6 Å². The smallest absolute Gasteiger partial charge is 0.356 e. The molecule has 0 unspecified atom stereocenters. The molecule has 0 bridgehead atoms. The number of nitrogens with zero attached hydrogens (tertiary/aromatic N) is 2. The Morgan fingerprint density at radius 3 is 2.39 bits per heavy atom. The minimum atomic E-state index is -4.17. The Hall–Kier alpha value is -1.83.